The molecule has 2 amide bonds. The van der Waals surface area contributed by atoms with Crippen LogP contribution in [0.15, 0.2) is 72.8 Å². The number of rotatable bonds is 6. The number of anilines is 1. The third-order valence-corrected chi connectivity index (χ3v) is 5.95. The first kappa shape index (κ1) is 20.8. The molecule has 0 radical (unpaired) electrons. The summed E-state index contributed by atoms with van der Waals surface area (Å²) in [5.74, 6) is 1.36. The molecule has 3 aromatic rings. The third-order valence-electron chi connectivity index (χ3n) is 5.95. The van der Waals surface area contributed by atoms with E-state index in [1.165, 1.54) is 0 Å². The van der Waals surface area contributed by atoms with Crippen molar-refractivity contribution in [2.24, 2.45) is 0 Å². The van der Waals surface area contributed by atoms with Crippen LogP contribution >= 0.6 is 0 Å². The fraction of sp³-hybridized carbons (Fsp3) is 0.185. The number of ether oxygens (including phenoxy) is 2. The Labute approximate surface area is 192 Å². The highest BCUT2D eigenvalue weighted by atomic mass is 16.6. The Bertz CT molecular complexity index is 1220. The average Bonchev–Trinajstić information content (AvgIpc) is 3.34. The van der Waals surface area contributed by atoms with Crippen molar-refractivity contribution in [1.29, 1.82) is 0 Å². The Hall–Kier alpha value is -4.06. The molecule has 1 fully saturated rings. The van der Waals surface area contributed by atoms with Crippen LogP contribution in [0.4, 0.5) is 10.5 Å². The maximum atomic E-state index is 12.3. The van der Waals surface area contributed by atoms with Gasteiger partial charge in [0.2, 0.25) is 0 Å². The molecule has 1 saturated heterocycles. The van der Waals surface area contributed by atoms with Crippen molar-refractivity contribution in [3.63, 3.8) is 0 Å². The third kappa shape index (κ3) is 4.32. The SMILES string of the molecule is CCN1C(=O)OCC1Cc1ccc(Oc2ccc(C=C3C(=O)Nc4ccccc43)cc2)cc1. The number of fused-ring (bicyclic) bond motifs is 1. The molecular formula is C27H24N2O4. The van der Waals surface area contributed by atoms with E-state index in [0.29, 0.717) is 24.5 Å². The minimum Gasteiger partial charge on any atom is -0.457 e. The van der Waals surface area contributed by atoms with E-state index in [-0.39, 0.29) is 18.0 Å². The Morgan fingerprint density at radius 3 is 2.42 bits per heavy atom. The lowest BCUT2D eigenvalue weighted by Gasteiger charge is -2.19. The summed E-state index contributed by atoms with van der Waals surface area (Å²) >= 11 is 0. The van der Waals surface area contributed by atoms with Gasteiger partial charge in [-0.25, -0.2) is 4.79 Å². The normalized spacial score (nSPS) is 18.3. The van der Waals surface area contributed by atoms with Crippen LogP contribution in [0.5, 0.6) is 11.5 Å². The van der Waals surface area contributed by atoms with Gasteiger partial charge in [-0.2, -0.15) is 0 Å². The summed E-state index contributed by atoms with van der Waals surface area (Å²) in [5, 5.41) is 2.89. The number of cyclic esters (lactones) is 1. The predicted molar refractivity (Wildman–Crippen MR) is 127 cm³/mol. The van der Waals surface area contributed by atoms with Gasteiger partial charge in [0.1, 0.15) is 18.1 Å². The second-order valence-electron chi connectivity index (χ2n) is 8.09. The van der Waals surface area contributed by atoms with Crippen LogP contribution in [-0.4, -0.2) is 36.1 Å². The first-order valence-electron chi connectivity index (χ1n) is 11.0. The molecule has 0 spiro atoms. The highest BCUT2D eigenvalue weighted by Crippen LogP contribution is 2.33. The van der Waals surface area contributed by atoms with E-state index in [9.17, 15) is 9.59 Å². The molecule has 1 unspecified atom stereocenters. The summed E-state index contributed by atoms with van der Waals surface area (Å²) < 4.78 is 11.1. The van der Waals surface area contributed by atoms with Crippen LogP contribution in [0.25, 0.3) is 11.6 Å². The van der Waals surface area contributed by atoms with Crippen LogP contribution in [0.1, 0.15) is 23.6 Å². The summed E-state index contributed by atoms with van der Waals surface area (Å²) in [4.78, 5) is 25.8. The first-order chi connectivity index (χ1) is 16.1. The van der Waals surface area contributed by atoms with E-state index >= 15 is 0 Å². The zero-order chi connectivity index (χ0) is 22.8. The first-order valence-corrected chi connectivity index (χ1v) is 11.0. The summed E-state index contributed by atoms with van der Waals surface area (Å²) in [5.41, 5.74) is 4.46. The summed E-state index contributed by atoms with van der Waals surface area (Å²) in [7, 11) is 0. The molecular weight excluding hydrogens is 416 g/mol. The van der Waals surface area contributed by atoms with Gasteiger partial charge in [0, 0.05) is 23.4 Å². The van der Waals surface area contributed by atoms with Crippen molar-refractivity contribution in [2.45, 2.75) is 19.4 Å². The van der Waals surface area contributed by atoms with Gasteiger partial charge < -0.3 is 19.7 Å². The van der Waals surface area contributed by atoms with Gasteiger partial charge >= 0.3 is 6.09 Å². The number of hydrogen-bond donors (Lipinski definition) is 1. The molecule has 2 aliphatic heterocycles. The lowest BCUT2D eigenvalue weighted by Crippen LogP contribution is -2.34. The van der Waals surface area contributed by atoms with Crippen LogP contribution in [0.3, 0.4) is 0 Å². The molecule has 33 heavy (non-hydrogen) atoms. The average molecular weight is 440 g/mol. The molecule has 2 heterocycles. The fourth-order valence-electron chi connectivity index (χ4n) is 4.23. The number of likely N-dealkylation sites (N-methyl/N-ethyl adjacent to an activating group) is 1. The van der Waals surface area contributed by atoms with E-state index in [1.54, 1.807) is 4.90 Å². The van der Waals surface area contributed by atoms with E-state index in [2.05, 4.69) is 5.32 Å². The zero-order valence-electron chi connectivity index (χ0n) is 18.3. The van der Waals surface area contributed by atoms with Gasteiger partial charge in [0.25, 0.3) is 5.91 Å². The van der Waals surface area contributed by atoms with Crippen LogP contribution in [-0.2, 0) is 16.0 Å². The molecule has 3 aromatic carbocycles. The molecule has 0 aromatic heterocycles. The quantitative estimate of drug-likeness (QED) is 0.525. The van der Waals surface area contributed by atoms with Crippen molar-refractivity contribution in [3.8, 4) is 11.5 Å². The number of nitrogens with zero attached hydrogens (tertiary/aromatic N) is 1. The molecule has 6 heteroatoms. The van der Waals surface area contributed by atoms with Gasteiger partial charge in [-0.3, -0.25) is 4.79 Å². The molecule has 166 valence electrons. The van der Waals surface area contributed by atoms with Crippen LogP contribution in [0, 0.1) is 0 Å². The summed E-state index contributed by atoms with van der Waals surface area (Å²) in [6.07, 6.45) is 2.40. The maximum Gasteiger partial charge on any atom is 0.410 e. The van der Waals surface area contributed by atoms with Gasteiger partial charge in [0.15, 0.2) is 0 Å². The largest absolute Gasteiger partial charge is 0.457 e. The number of para-hydroxylation sites is 1. The number of carbonyl (C=O) groups excluding carboxylic acids is 2. The molecule has 6 nitrogen and oxygen atoms in total. The molecule has 1 N–H and O–H groups in total. The lowest BCUT2D eigenvalue weighted by atomic mass is 10.0. The van der Waals surface area contributed by atoms with Gasteiger partial charge in [-0.15, -0.1) is 0 Å². The Morgan fingerprint density at radius 2 is 1.70 bits per heavy atom. The van der Waals surface area contributed by atoms with E-state index < -0.39 is 0 Å². The van der Waals surface area contributed by atoms with Crippen LogP contribution in [0.2, 0.25) is 0 Å². The van der Waals surface area contributed by atoms with Crippen molar-refractivity contribution < 1.29 is 19.1 Å². The molecule has 2 aliphatic rings. The maximum absolute atomic E-state index is 12.3. The van der Waals surface area contributed by atoms with Crippen LogP contribution < -0.4 is 10.1 Å². The zero-order valence-corrected chi connectivity index (χ0v) is 18.3. The standard InChI is InChI=1S/C27H24N2O4/c1-2-29-20(17-32-27(29)31)15-18-7-11-21(12-8-18)33-22-13-9-19(10-14-22)16-24-23-5-3-4-6-25(23)28-26(24)30/h3-14,16,20H,2,15,17H2,1H3,(H,28,30). The molecule has 5 rings (SSSR count). The molecule has 0 aliphatic carbocycles. The monoisotopic (exact) mass is 440 g/mol. The number of nitrogens with one attached hydrogen (secondary N) is 1. The van der Waals surface area contributed by atoms with Crippen molar-refractivity contribution in [3.05, 3.63) is 89.5 Å². The second-order valence-corrected chi connectivity index (χ2v) is 8.09. The second kappa shape index (κ2) is 8.82. The minimum absolute atomic E-state index is 0.0739. The smallest absolute Gasteiger partial charge is 0.410 e. The van der Waals surface area contributed by atoms with Crippen molar-refractivity contribution in [1.82, 2.24) is 4.90 Å². The predicted octanol–water partition coefficient (Wildman–Crippen LogP) is 5.35. The molecule has 0 bridgehead atoms. The Morgan fingerprint density at radius 1 is 1.00 bits per heavy atom. The van der Waals surface area contributed by atoms with E-state index in [4.69, 9.17) is 9.47 Å². The lowest BCUT2D eigenvalue weighted by molar-refractivity contribution is -0.110. The van der Waals surface area contributed by atoms with Crippen molar-refractivity contribution in [2.75, 3.05) is 18.5 Å². The summed E-state index contributed by atoms with van der Waals surface area (Å²) in [6.45, 7) is 3.04. The highest BCUT2D eigenvalue weighted by molar-refractivity contribution is 6.34. The fourth-order valence-corrected chi connectivity index (χ4v) is 4.23. The highest BCUT2D eigenvalue weighted by Gasteiger charge is 2.31. The number of benzene rings is 3. The van der Waals surface area contributed by atoms with Gasteiger partial charge in [-0.05, 0) is 60.9 Å². The molecule has 0 saturated carbocycles. The Balaban J connectivity index is 1.24. The van der Waals surface area contributed by atoms with E-state index in [0.717, 1.165) is 34.5 Å². The topological polar surface area (TPSA) is 67.9 Å². The summed E-state index contributed by atoms with van der Waals surface area (Å²) in [6, 6.07) is 23.3. The van der Waals surface area contributed by atoms with E-state index in [1.807, 2.05) is 85.8 Å². The number of carbonyl (C=O) groups is 2. The van der Waals surface area contributed by atoms with Gasteiger partial charge in [-0.1, -0.05) is 42.5 Å². The number of hydrogen-bond acceptors (Lipinski definition) is 4. The Kier molecular flexibility index (Phi) is 5.57. The molecule has 1 atom stereocenters. The number of amides is 2. The van der Waals surface area contributed by atoms with Crippen molar-refractivity contribution >= 4 is 29.3 Å². The van der Waals surface area contributed by atoms with Gasteiger partial charge in [0.05, 0.1) is 6.04 Å². The minimum atomic E-state index is -0.237.